The van der Waals surface area contributed by atoms with Crippen molar-refractivity contribution in [1.29, 1.82) is 0 Å². The van der Waals surface area contributed by atoms with Gasteiger partial charge in [-0.3, -0.25) is 0 Å². The van der Waals surface area contributed by atoms with Gasteiger partial charge in [0.05, 0.1) is 0 Å². The second-order valence-corrected chi connectivity index (χ2v) is 4.48. The molecule has 0 aliphatic carbocycles. The molecular weight excluding hydrogens is 288 g/mol. The third kappa shape index (κ3) is 3.54. The summed E-state index contributed by atoms with van der Waals surface area (Å²) in [6.07, 6.45) is 0. The fraction of sp³-hybridized carbons (Fsp3) is 0.143. The first kappa shape index (κ1) is 17.0. The molecule has 2 rings (SSSR count). The second-order valence-electron chi connectivity index (χ2n) is 4.48. The lowest BCUT2D eigenvalue weighted by molar-refractivity contribution is 0.384. The van der Waals surface area contributed by atoms with E-state index in [1.165, 1.54) is 11.1 Å². The van der Waals surface area contributed by atoms with Crippen LogP contribution in [0.2, 0.25) is 0 Å². The highest BCUT2D eigenvalue weighted by Gasteiger charge is 2.22. The molecule has 0 bridgehead atoms. The standard InChI is InChI=1S/C8H11N.C6H2BF5/c1-6-4-3-5-8(9)7(6)2;7-1-2(8)4(10)6(12)5(11)3(1)9/h3-5H,9H2,1-2H3;7H2. The van der Waals surface area contributed by atoms with Crippen molar-refractivity contribution >= 4 is 19.0 Å². The van der Waals surface area contributed by atoms with E-state index in [0.717, 1.165) is 13.5 Å². The number of halogens is 5. The Bertz CT molecular complexity index is 548. The van der Waals surface area contributed by atoms with Crippen LogP contribution in [0.5, 0.6) is 0 Å². The minimum Gasteiger partial charge on any atom is -0.399 e. The summed E-state index contributed by atoms with van der Waals surface area (Å²) in [7, 11) is 0.816. The Morgan fingerprint density at radius 1 is 0.810 bits per heavy atom. The molecule has 7 heteroatoms. The van der Waals surface area contributed by atoms with Crippen LogP contribution in [0.3, 0.4) is 0 Å². The van der Waals surface area contributed by atoms with Gasteiger partial charge in [-0.2, -0.15) is 0 Å². The van der Waals surface area contributed by atoms with E-state index in [2.05, 4.69) is 13.0 Å². The number of nitrogens with two attached hydrogens (primary N) is 1. The largest absolute Gasteiger partial charge is 0.399 e. The van der Waals surface area contributed by atoms with Crippen molar-refractivity contribution in [2.45, 2.75) is 13.8 Å². The molecule has 2 N–H and O–H groups in total. The number of hydrogen-bond acceptors (Lipinski definition) is 1. The second kappa shape index (κ2) is 6.60. The van der Waals surface area contributed by atoms with E-state index < -0.39 is 34.5 Å². The number of rotatable bonds is 0. The highest BCUT2D eigenvalue weighted by atomic mass is 19.2. The van der Waals surface area contributed by atoms with Crippen LogP contribution >= 0.6 is 0 Å². The maximum absolute atomic E-state index is 12.4. The summed E-state index contributed by atoms with van der Waals surface area (Å²) in [4.78, 5) is 0. The number of nitrogen functional groups attached to an aromatic ring is 1. The summed E-state index contributed by atoms with van der Waals surface area (Å²) >= 11 is 0. The zero-order valence-electron chi connectivity index (χ0n) is 11.7. The SMILES string of the molecule is Bc1c(F)c(F)c(F)c(F)c1F.Cc1cccc(N)c1C. The Labute approximate surface area is 120 Å². The van der Waals surface area contributed by atoms with Gasteiger partial charge in [0.15, 0.2) is 29.1 Å². The van der Waals surface area contributed by atoms with Crippen molar-refractivity contribution in [3.63, 3.8) is 0 Å². The molecule has 2 aromatic rings. The average molecular weight is 301 g/mol. The molecule has 0 saturated carbocycles. The van der Waals surface area contributed by atoms with Crippen LogP contribution in [0.4, 0.5) is 27.6 Å². The zero-order chi connectivity index (χ0) is 16.3. The third-order valence-electron chi connectivity index (χ3n) is 3.08. The fourth-order valence-electron chi connectivity index (χ4n) is 1.49. The van der Waals surface area contributed by atoms with E-state index >= 15 is 0 Å². The molecule has 0 unspecified atom stereocenters. The van der Waals surface area contributed by atoms with E-state index in [-0.39, 0.29) is 0 Å². The first-order valence-electron chi connectivity index (χ1n) is 5.98. The topological polar surface area (TPSA) is 26.0 Å². The van der Waals surface area contributed by atoms with Crippen molar-refractivity contribution in [1.82, 2.24) is 0 Å². The Balaban J connectivity index is 0.000000219. The lowest BCUT2D eigenvalue weighted by Gasteiger charge is -2.02. The molecule has 0 spiro atoms. The molecule has 1 nitrogen and oxygen atoms in total. The lowest BCUT2D eigenvalue weighted by atomic mass is 9.94. The van der Waals surface area contributed by atoms with Crippen molar-refractivity contribution in [3.8, 4) is 0 Å². The predicted octanol–water partition coefficient (Wildman–Crippen LogP) is 2.53. The zero-order valence-corrected chi connectivity index (χ0v) is 11.7. The van der Waals surface area contributed by atoms with Crippen LogP contribution in [-0.4, -0.2) is 7.85 Å². The Morgan fingerprint density at radius 2 is 1.24 bits per heavy atom. The minimum absolute atomic E-state index is 0.816. The van der Waals surface area contributed by atoms with E-state index in [4.69, 9.17) is 5.73 Å². The van der Waals surface area contributed by atoms with E-state index in [1.54, 1.807) is 0 Å². The summed E-state index contributed by atoms with van der Waals surface area (Å²) in [5.74, 6) is -9.52. The molecule has 0 saturated heterocycles. The van der Waals surface area contributed by atoms with Gasteiger partial charge in [0.2, 0.25) is 0 Å². The molecule has 0 fully saturated rings. The van der Waals surface area contributed by atoms with Gasteiger partial charge >= 0.3 is 0 Å². The summed E-state index contributed by atoms with van der Waals surface area (Å²) in [6.45, 7) is 4.09. The average Bonchev–Trinajstić information content (AvgIpc) is 2.47. The van der Waals surface area contributed by atoms with Gasteiger partial charge in [-0.15, -0.1) is 0 Å². The normalized spacial score (nSPS) is 10.0. The minimum atomic E-state index is -2.13. The van der Waals surface area contributed by atoms with E-state index in [0.29, 0.717) is 0 Å². The first-order valence-corrected chi connectivity index (χ1v) is 5.98. The summed E-state index contributed by atoms with van der Waals surface area (Å²) < 4.78 is 61.6. The molecule has 21 heavy (non-hydrogen) atoms. The molecule has 0 aliphatic rings. The third-order valence-corrected chi connectivity index (χ3v) is 3.08. The Hall–Kier alpha value is -2.05. The van der Waals surface area contributed by atoms with Gasteiger partial charge in [0, 0.05) is 5.69 Å². The van der Waals surface area contributed by atoms with Crippen LogP contribution in [-0.2, 0) is 0 Å². The quantitative estimate of drug-likeness (QED) is 0.261. The highest BCUT2D eigenvalue weighted by Crippen LogP contribution is 2.15. The molecule has 0 amide bonds. The fourth-order valence-corrected chi connectivity index (χ4v) is 1.49. The Morgan fingerprint density at radius 3 is 1.62 bits per heavy atom. The number of anilines is 1. The van der Waals surface area contributed by atoms with E-state index in [1.807, 2.05) is 19.1 Å². The molecule has 0 atom stereocenters. The Kier molecular flexibility index (Phi) is 5.35. The van der Waals surface area contributed by atoms with Gasteiger partial charge in [-0.1, -0.05) is 12.1 Å². The van der Waals surface area contributed by atoms with Crippen LogP contribution < -0.4 is 11.2 Å². The summed E-state index contributed by atoms with van der Waals surface area (Å²) in [5, 5.41) is 0. The first-order chi connectivity index (χ1) is 9.68. The number of benzene rings is 2. The molecule has 0 heterocycles. The summed E-state index contributed by atoms with van der Waals surface area (Å²) in [5.41, 5.74) is 8.09. The van der Waals surface area contributed by atoms with Crippen LogP contribution in [0, 0.1) is 42.9 Å². The van der Waals surface area contributed by atoms with Gasteiger partial charge < -0.3 is 5.73 Å². The van der Waals surface area contributed by atoms with Crippen LogP contribution in [0.15, 0.2) is 18.2 Å². The summed E-state index contributed by atoms with van der Waals surface area (Å²) in [6, 6.07) is 5.95. The molecule has 0 aromatic heterocycles. The number of aryl methyl sites for hydroxylation is 1. The monoisotopic (exact) mass is 301 g/mol. The van der Waals surface area contributed by atoms with Crippen LogP contribution in [0.1, 0.15) is 11.1 Å². The molecule has 2 aromatic carbocycles. The lowest BCUT2D eigenvalue weighted by Crippen LogP contribution is -2.20. The van der Waals surface area contributed by atoms with Crippen molar-refractivity contribution < 1.29 is 22.0 Å². The van der Waals surface area contributed by atoms with Gasteiger partial charge in [-0.25, -0.2) is 22.0 Å². The maximum atomic E-state index is 12.4. The van der Waals surface area contributed by atoms with Crippen molar-refractivity contribution in [3.05, 3.63) is 58.4 Å². The van der Waals surface area contributed by atoms with Crippen molar-refractivity contribution in [2.24, 2.45) is 0 Å². The van der Waals surface area contributed by atoms with Crippen LogP contribution in [0.25, 0.3) is 0 Å². The molecule has 0 aliphatic heterocycles. The van der Waals surface area contributed by atoms with E-state index in [9.17, 15) is 22.0 Å². The highest BCUT2D eigenvalue weighted by molar-refractivity contribution is 6.32. The van der Waals surface area contributed by atoms with Crippen molar-refractivity contribution in [2.75, 3.05) is 5.73 Å². The van der Waals surface area contributed by atoms with Gasteiger partial charge in [-0.05, 0) is 36.5 Å². The maximum Gasteiger partial charge on any atom is 0.200 e. The van der Waals surface area contributed by atoms with Gasteiger partial charge in [0.25, 0.3) is 0 Å². The van der Waals surface area contributed by atoms with Gasteiger partial charge in [0.1, 0.15) is 7.85 Å². The molecule has 0 radical (unpaired) electrons. The molecular formula is C14H13BF5N. The molecule has 112 valence electrons. The predicted molar refractivity (Wildman–Crippen MR) is 74.7 cm³/mol. The number of hydrogen-bond donors (Lipinski definition) is 1. The smallest absolute Gasteiger partial charge is 0.200 e.